The van der Waals surface area contributed by atoms with Crippen LogP contribution in [-0.2, 0) is 6.54 Å². The molecule has 0 aliphatic heterocycles. The van der Waals surface area contributed by atoms with Crippen LogP contribution in [0.2, 0.25) is 0 Å². The first-order valence-corrected chi connectivity index (χ1v) is 8.72. The first-order chi connectivity index (χ1) is 9.46. The molecule has 0 unspecified atom stereocenters. The number of rotatable bonds is 9. The van der Waals surface area contributed by atoms with Crippen LogP contribution in [0, 0.1) is 0 Å². The molecule has 3 nitrogen and oxygen atoms in total. The molecule has 0 aliphatic carbocycles. The van der Waals surface area contributed by atoms with Crippen molar-refractivity contribution >= 4 is 16.5 Å². The number of nitrogens with zero attached hydrogens (tertiary/aromatic N) is 2. The van der Waals surface area contributed by atoms with E-state index in [0.29, 0.717) is 0 Å². The van der Waals surface area contributed by atoms with Gasteiger partial charge in [-0.3, -0.25) is 0 Å². The van der Waals surface area contributed by atoms with Gasteiger partial charge in [0, 0.05) is 36.2 Å². The smallest absolute Gasteiger partial charge is 0.185 e. The summed E-state index contributed by atoms with van der Waals surface area (Å²) in [7, 11) is 0. The number of anilines is 1. The predicted octanol–water partition coefficient (Wildman–Crippen LogP) is 4.44. The van der Waals surface area contributed by atoms with E-state index in [-0.39, 0.29) is 5.54 Å². The molecule has 0 radical (unpaired) electrons. The van der Waals surface area contributed by atoms with Crippen molar-refractivity contribution in [1.29, 1.82) is 0 Å². The van der Waals surface area contributed by atoms with Gasteiger partial charge in [0.2, 0.25) is 0 Å². The molecule has 0 aliphatic rings. The fraction of sp³-hybridized carbons (Fsp3) is 0.812. The van der Waals surface area contributed by atoms with Crippen LogP contribution in [0.4, 0.5) is 5.13 Å². The van der Waals surface area contributed by atoms with Crippen molar-refractivity contribution in [3.05, 3.63) is 11.1 Å². The minimum Gasteiger partial charge on any atom is -0.348 e. The summed E-state index contributed by atoms with van der Waals surface area (Å²) in [5.74, 6) is 0. The molecule has 4 heteroatoms. The lowest BCUT2D eigenvalue weighted by Gasteiger charge is -2.21. The number of aromatic nitrogens is 1. The van der Waals surface area contributed by atoms with E-state index in [1.54, 1.807) is 0 Å². The number of nitrogens with one attached hydrogen (secondary N) is 1. The van der Waals surface area contributed by atoms with E-state index in [4.69, 9.17) is 0 Å². The minimum atomic E-state index is 0.161. The van der Waals surface area contributed by atoms with Gasteiger partial charge in [-0.15, -0.1) is 11.3 Å². The predicted molar refractivity (Wildman–Crippen MR) is 90.7 cm³/mol. The molecular weight excluding hydrogens is 266 g/mol. The first-order valence-electron chi connectivity index (χ1n) is 7.91. The topological polar surface area (TPSA) is 28.2 Å². The molecule has 1 rings (SSSR count). The van der Waals surface area contributed by atoms with Crippen LogP contribution >= 0.6 is 11.3 Å². The molecule has 116 valence electrons. The summed E-state index contributed by atoms with van der Waals surface area (Å²) in [6.45, 7) is 14.3. The van der Waals surface area contributed by atoms with Crippen molar-refractivity contribution in [2.45, 2.75) is 72.4 Å². The van der Waals surface area contributed by atoms with Crippen LogP contribution in [0.1, 0.15) is 65.2 Å². The molecule has 1 heterocycles. The van der Waals surface area contributed by atoms with Gasteiger partial charge in [-0.25, -0.2) is 4.98 Å². The average molecular weight is 298 g/mol. The zero-order valence-electron chi connectivity index (χ0n) is 13.8. The largest absolute Gasteiger partial charge is 0.348 e. The molecule has 20 heavy (non-hydrogen) atoms. The lowest BCUT2D eigenvalue weighted by Crippen LogP contribution is -2.34. The Bertz CT molecular complexity index is 360. The Labute approximate surface area is 128 Å². The zero-order chi connectivity index (χ0) is 15.0. The second-order valence-corrected chi connectivity index (χ2v) is 7.50. The third-order valence-corrected chi connectivity index (χ3v) is 4.23. The van der Waals surface area contributed by atoms with E-state index in [2.05, 4.69) is 49.8 Å². The Balaban J connectivity index is 2.59. The van der Waals surface area contributed by atoms with Crippen molar-refractivity contribution in [2.24, 2.45) is 0 Å². The van der Waals surface area contributed by atoms with Crippen LogP contribution in [-0.4, -0.2) is 23.6 Å². The Kier molecular flexibility index (Phi) is 7.52. The number of hydrogen-bond acceptors (Lipinski definition) is 4. The standard InChI is InChI=1S/C16H31N3S/c1-6-8-10-19(11-9-7-2)15-17-12-14(20-15)13-18-16(3,4)5/h12,18H,6-11,13H2,1-5H3. The van der Waals surface area contributed by atoms with Crippen molar-refractivity contribution in [1.82, 2.24) is 10.3 Å². The maximum Gasteiger partial charge on any atom is 0.185 e. The van der Waals surface area contributed by atoms with Crippen LogP contribution < -0.4 is 10.2 Å². The van der Waals surface area contributed by atoms with Gasteiger partial charge in [-0.05, 0) is 33.6 Å². The van der Waals surface area contributed by atoms with Gasteiger partial charge in [-0.2, -0.15) is 0 Å². The van der Waals surface area contributed by atoms with Crippen LogP contribution in [0.15, 0.2) is 6.20 Å². The van der Waals surface area contributed by atoms with Gasteiger partial charge in [0.25, 0.3) is 0 Å². The fourth-order valence-electron chi connectivity index (χ4n) is 1.88. The summed E-state index contributed by atoms with van der Waals surface area (Å²) >= 11 is 1.83. The highest BCUT2D eigenvalue weighted by Crippen LogP contribution is 2.23. The van der Waals surface area contributed by atoms with Crippen molar-refractivity contribution in [3.8, 4) is 0 Å². The fourth-order valence-corrected chi connectivity index (χ4v) is 2.78. The molecule has 0 amide bonds. The van der Waals surface area contributed by atoms with Crippen molar-refractivity contribution in [2.75, 3.05) is 18.0 Å². The highest BCUT2D eigenvalue weighted by molar-refractivity contribution is 7.15. The Hall–Kier alpha value is -0.610. The van der Waals surface area contributed by atoms with Crippen LogP contribution in [0.25, 0.3) is 0 Å². The maximum atomic E-state index is 4.63. The molecule has 0 saturated heterocycles. The molecule has 1 aromatic rings. The highest BCUT2D eigenvalue weighted by atomic mass is 32.1. The van der Waals surface area contributed by atoms with E-state index in [1.165, 1.54) is 35.7 Å². The Morgan fingerprint density at radius 3 is 2.25 bits per heavy atom. The molecule has 0 bridgehead atoms. The minimum absolute atomic E-state index is 0.161. The zero-order valence-corrected chi connectivity index (χ0v) is 14.6. The molecule has 0 saturated carbocycles. The van der Waals surface area contributed by atoms with E-state index < -0.39 is 0 Å². The maximum absolute atomic E-state index is 4.63. The van der Waals surface area contributed by atoms with E-state index in [0.717, 1.165) is 19.6 Å². The Morgan fingerprint density at radius 1 is 1.15 bits per heavy atom. The molecule has 0 fully saturated rings. The van der Waals surface area contributed by atoms with E-state index in [9.17, 15) is 0 Å². The number of unbranched alkanes of at least 4 members (excludes halogenated alkanes) is 2. The Morgan fingerprint density at radius 2 is 1.75 bits per heavy atom. The van der Waals surface area contributed by atoms with Gasteiger partial charge in [-0.1, -0.05) is 26.7 Å². The summed E-state index contributed by atoms with van der Waals surface area (Å²) in [6, 6.07) is 0. The number of thiazole rings is 1. The summed E-state index contributed by atoms with van der Waals surface area (Å²) < 4.78 is 0. The molecule has 0 spiro atoms. The van der Waals surface area contributed by atoms with Crippen molar-refractivity contribution in [3.63, 3.8) is 0 Å². The average Bonchev–Trinajstić information content (AvgIpc) is 2.84. The van der Waals surface area contributed by atoms with Crippen LogP contribution in [0.5, 0.6) is 0 Å². The summed E-state index contributed by atoms with van der Waals surface area (Å²) in [4.78, 5) is 8.41. The third kappa shape index (κ3) is 6.71. The van der Waals surface area contributed by atoms with Gasteiger partial charge in [0.05, 0.1) is 0 Å². The van der Waals surface area contributed by atoms with E-state index >= 15 is 0 Å². The molecule has 0 atom stereocenters. The lowest BCUT2D eigenvalue weighted by molar-refractivity contribution is 0.426. The quantitative estimate of drug-likeness (QED) is 0.730. The molecular formula is C16H31N3S. The van der Waals surface area contributed by atoms with Gasteiger partial charge in [0.1, 0.15) is 0 Å². The summed E-state index contributed by atoms with van der Waals surface area (Å²) in [5, 5.41) is 4.72. The number of hydrogen-bond donors (Lipinski definition) is 1. The van der Waals surface area contributed by atoms with Gasteiger partial charge < -0.3 is 10.2 Å². The molecule has 1 aromatic heterocycles. The second kappa shape index (κ2) is 8.63. The first kappa shape index (κ1) is 17.4. The lowest BCUT2D eigenvalue weighted by atomic mass is 10.1. The summed E-state index contributed by atoms with van der Waals surface area (Å²) in [5.41, 5.74) is 0.161. The van der Waals surface area contributed by atoms with Gasteiger partial charge >= 0.3 is 0 Å². The SMILES string of the molecule is CCCCN(CCCC)c1ncc(CNC(C)(C)C)s1. The second-order valence-electron chi connectivity index (χ2n) is 6.41. The van der Waals surface area contributed by atoms with E-state index in [1.807, 2.05) is 17.5 Å². The highest BCUT2D eigenvalue weighted by Gasteiger charge is 2.13. The van der Waals surface area contributed by atoms with Crippen molar-refractivity contribution < 1.29 is 0 Å². The normalized spacial score (nSPS) is 11.8. The van der Waals surface area contributed by atoms with Gasteiger partial charge in [0.15, 0.2) is 5.13 Å². The van der Waals surface area contributed by atoms with Crippen LogP contribution in [0.3, 0.4) is 0 Å². The summed E-state index contributed by atoms with van der Waals surface area (Å²) in [6.07, 6.45) is 7.01. The third-order valence-electron chi connectivity index (χ3n) is 3.17. The molecule has 0 aromatic carbocycles. The molecule has 1 N–H and O–H groups in total. The monoisotopic (exact) mass is 297 g/mol.